The molecule has 0 spiro atoms. The molecule has 5 nitrogen and oxygen atoms in total. The first-order valence-electron chi connectivity index (χ1n) is 5.76. The summed E-state index contributed by atoms with van der Waals surface area (Å²) in [5.41, 5.74) is 0.995. The molecule has 0 saturated carbocycles. The van der Waals surface area contributed by atoms with E-state index in [4.69, 9.17) is 5.11 Å². The van der Waals surface area contributed by atoms with Crippen LogP contribution in [0.15, 0.2) is 53.4 Å². The molecule has 20 heavy (non-hydrogen) atoms. The van der Waals surface area contributed by atoms with Crippen molar-refractivity contribution in [2.45, 2.75) is 10.6 Å². The van der Waals surface area contributed by atoms with E-state index in [1.165, 1.54) is 30.0 Å². The normalized spacial score (nSPS) is 10.2. The first-order valence-corrected chi connectivity index (χ1v) is 6.75. The van der Waals surface area contributed by atoms with Crippen molar-refractivity contribution in [1.82, 2.24) is 0 Å². The van der Waals surface area contributed by atoms with Crippen molar-refractivity contribution in [2.24, 2.45) is 0 Å². The molecule has 0 unspecified atom stereocenters. The minimum atomic E-state index is -1.10. The van der Waals surface area contributed by atoms with Crippen molar-refractivity contribution in [2.75, 3.05) is 0 Å². The number of nitro benzene ring substituents is 1. The second kappa shape index (κ2) is 6.21. The van der Waals surface area contributed by atoms with E-state index in [0.29, 0.717) is 10.6 Å². The molecule has 0 amide bonds. The summed E-state index contributed by atoms with van der Waals surface area (Å²) in [6.45, 7) is 0. The number of carbonyl (C=O) groups is 1. The van der Waals surface area contributed by atoms with Gasteiger partial charge in [0.15, 0.2) is 0 Å². The molecule has 0 saturated heterocycles. The number of nitrogens with zero attached hydrogens (tertiary/aromatic N) is 1. The summed E-state index contributed by atoms with van der Waals surface area (Å²) in [6, 6.07) is 13.3. The topological polar surface area (TPSA) is 80.4 Å². The molecule has 1 N–H and O–H groups in total. The van der Waals surface area contributed by atoms with Gasteiger partial charge in [-0.1, -0.05) is 30.3 Å². The molecule has 0 radical (unpaired) electrons. The average Bonchev–Trinajstić information content (AvgIpc) is 2.45. The number of thioether (sulfide) groups is 1. The Labute approximate surface area is 119 Å². The maximum absolute atomic E-state index is 11.0. The molecule has 6 heteroatoms. The third-order valence-corrected chi connectivity index (χ3v) is 3.76. The molecule has 0 bridgehead atoms. The first kappa shape index (κ1) is 14.1. The van der Waals surface area contributed by atoms with Crippen molar-refractivity contribution in [3.8, 4) is 0 Å². The number of aromatic carboxylic acids is 1. The van der Waals surface area contributed by atoms with Crippen LogP contribution in [-0.2, 0) is 5.75 Å². The van der Waals surface area contributed by atoms with E-state index < -0.39 is 10.9 Å². The zero-order valence-electron chi connectivity index (χ0n) is 10.4. The third kappa shape index (κ3) is 3.36. The second-order valence-corrected chi connectivity index (χ2v) is 5.04. The fourth-order valence-corrected chi connectivity index (χ4v) is 2.66. The van der Waals surface area contributed by atoms with E-state index in [0.717, 1.165) is 5.56 Å². The Morgan fingerprint density at radius 1 is 1.20 bits per heavy atom. The zero-order chi connectivity index (χ0) is 14.5. The van der Waals surface area contributed by atoms with E-state index >= 15 is 0 Å². The Bertz CT molecular complexity index is 643. The van der Waals surface area contributed by atoms with E-state index in [9.17, 15) is 14.9 Å². The van der Waals surface area contributed by atoms with Crippen LogP contribution in [0.1, 0.15) is 15.9 Å². The van der Waals surface area contributed by atoms with Gasteiger partial charge in [-0.05, 0) is 17.7 Å². The van der Waals surface area contributed by atoms with E-state index in [-0.39, 0.29) is 11.3 Å². The summed E-state index contributed by atoms with van der Waals surface area (Å²) >= 11 is 1.26. The lowest BCUT2D eigenvalue weighted by atomic mass is 10.2. The van der Waals surface area contributed by atoms with Gasteiger partial charge in [0.2, 0.25) is 0 Å². The predicted octanol–water partition coefficient (Wildman–Crippen LogP) is 3.59. The Morgan fingerprint density at radius 2 is 1.90 bits per heavy atom. The molecule has 0 heterocycles. The number of hydrogen-bond acceptors (Lipinski definition) is 4. The van der Waals surface area contributed by atoms with Gasteiger partial charge in [-0.2, -0.15) is 0 Å². The van der Waals surface area contributed by atoms with Gasteiger partial charge in [-0.15, -0.1) is 11.8 Å². The molecule has 2 rings (SSSR count). The number of carboxylic acid groups (broad SMARTS) is 1. The molecule has 0 aromatic heterocycles. The monoisotopic (exact) mass is 289 g/mol. The highest BCUT2D eigenvalue weighted by Crippen LogP contribution is 2.32. The average molecular weight is 289 g/mol. The number of benzene rings is 2. The Morgan fingerprint density at radius 3 is 2.50 bits per heavy atom. The van der Waals surface area contributed by atoms with Crippen molar-refractivity contribution >= 4 is 23.4 Å². The standard InChI is InChI=1S/C14H11NO4S/c16-14(17)11-6-7-12(15(18)19)13(8-11)20-9-10-4-2-1-3-5-10/h1-8H,9H2,(H,16,17). The zero-order valence-corrected chi connectivity index (χ0v) is 11.2. The molecule has 0 aliphatic rings. The molecule has 0 aliphatic heterocycles. The van der Waals surface area contributed by atoms with Crippen molar-refractivity contribution in [1.29, 1.82) is 0 Å². The van der Waals surface area contributed by atoms with Gasteiger partial charge in [0.05, 0.1) is 15.4 Å². The van der Waals surface area contributed by atoms with Crippen LogP contribution in [0, 0.1) is 10.1 Å². The van der Waals surface area contributed by atoms with Crippen LogP contribution in [0.3, 0.4) is 0 Å². The molecular weight excluding hydrogens is 278 g/mol. The lowest BCUT2D eigenvalue weighted by molar-refractivity contribution is -0.387. The quantitative estimate of drug-likeness (QED) is 0.517. The lowest BCUT2D eigenvalue weighted by Gasteiger charge is -2.04. The third-order valence-electron chi connectivity index (χ3n) is 2.64. The molecule has 0 atom stereocenters. The van der Waals surface area contributed by atoms with Crippen LogP contribution in [0.5, 0.6) is 0 Å². The number of nitro groups is 1. The van der Waals surface area contributed by atoms with E-state index in [1.807, 2.05) is 30.3 Å². The van der Waals surface area contributed by atoms with Crippen LogP contribution >= 0.6 is 11.8 Å². The van der Waals surface area contributed by atoms with Gasteiger partial charge in [0.1, 0.15) is 0 Å². The summed E-state index contributed by atoms with van der Waals surface area (Å²) in [6.07, 6.45) is 0. The summed E-state index contributed by atoms with van der Waals surface area (Å²) in [4.78, 5) is 21.7. The number of rotatable bonds is 5. The molecule has 2 aromatic carbocycles. The summed E-state index contributed by atoms with van der Waals surface area (Å²) in [5, 5.41) is 19.9. The predicted molar refractivity (Wildman–Crippen MR) is 76.1 cm³/mol. The second-order valence-electron chi connectivity index (χ2n) is 4.02. The molecule has 0 fully saturated rings. The van der Waals surface area contributed by atoms with Crippen molar-refractivity contribution in [3.63, 3.8) is 0 Å². The minimum Gasteiger partial charge on any atom is -0.478 e. The Hall–Kier alpha value is -2.34. The molecule has 0 aliphatic carbocycles. The van der Waals surface area contributed by atoms with Gasteiger partial charge in [-0.3, -0.25) is 10.1 Å². The maximum Gasteiger partial charge on any atom is 0.335 e. The van der Waals surface area contributed by atoms with Crippen molar-refractivity contribution < 1.29 is 14.8 Å². The lowest BCUT2D eigenvalue weighted by Crippen LogP contribution is -1.98. The highest BCUT2D eigenvalue weighted by molar-refractivity contribution is 7.98. The van der Waals surface area contributed by atoms with Crippen molar-refractivity contribution in [3.05, 3.63) is 69.8 Å². The number of hydrogen-bond donors (Lipinski definition) is 1. The smallest absolute Gasteiger partial charge is 0.335 e. The Balaban J connectivity index is 2.26. The minimum absolute atomic E-state index is 0.0474. The maximum atomic E-state index is 11.0. The Kier molecular flexibility index (Phi) is 4.37. The fourth-order valence-electron chi connectivity index (χ4n) is 1.65. The van der Waals surface area contributed by atoms with Crippen LogP contribution < -0.4 is 0 Å². The SMILES string of the molecule is O=C(O)c1ccc([N+](=O)[O-])c(SCc2ccccc2)c1. The first-order chi connectivity index (χ1) is 9.58. The highest BCUT2D eigenvalue weighted by atomic mass is 32.2. The number of carboxylic acids is 1. The van der Waals surface area contributed by atoms with Gasteiger partial charge in [-0.25, -0.2) is 4.79 Å². The van der Waals surface area contributed by atoms with E-state index in [1.54, 1.807) is 0 Å². The fraction of sp³-hybridized carbons (Fsp3) is 0.0714. The van der Waals surface area contributed by atoms with Gasteiger partial charge in [0.25, 0.3) is 5.69 Å². The van der Waals surface area contributed by atoms with E-state index in [2.05, 4.69) is 0 Å². The van der Waals surface area contributed by atoms with Gasteiger partial charge < -0.3 is 5.11 Å². The summed E-state index contributed by atoms with van der Waals surface area (Å²) < 4.78 is 0. The molecular formula is C14H11NO4S. The highest BCUT2D eigenvalue weighted by Gasteiger charge is 2.16. The largest absolute Gasteiger partial charge is 0.478 e. The van der Waals surface area contributed by atoms with Gasteiger partial charge >= 0.3 is 5.97 Å². The summed E-state index contributed by atoms with van der Waals surface area (Å²) in [7, 11) is 0. The van der Waals surface area contributed by atoms with Crippen LogP contribution in [-0.4, -0.2) is 16.0 Å². The molecule has 102 valence electrons. The summed E-state index contributed by atoms with van der Waals surface area (Å²) in [5.74, 6) is -0.549. The van der Waals surface area contributed by atoms with Crippen LogP contribution in [0.2, 0.25) is 0 Å². The van der Waals surface area contributed by atoms with Crippen LogP contribution in [0.25, 0.3) is 0 Å². The molecule has 2 aromatic rings. The van der Waals surface area contributed by atoms with Gasteiger partial charge in [0, 0.05) is 11.8 Å². The van der Waals surface area contributed by atoms with Crippen LogP contribution in [0.4, 0.5) is 5.69 Å².